The predicted octanol–water partition coefficient (Wildman–Crippen LogP) is 9.03. The molecule has 1 aliphatic carbocycles. The lowest BCUT2D eigenvalue weighted by Gasteiger charge is -2.16. The van der Waals surface area contributed by atoms with Gasteiger partial charge in [0.15, 0.2) is 0 Å². The molecule has 3 atom stereocenters. The molecule has 0 radical (unpaired) electrons. The second kappa shape index (κ2) is 15.9. The second-order valence-corrected chi connectivity index (χ2v) is 10.6. The van der Waals surface area contributed by atoms with Crippen molar-refractivity contribution in [3.63, 3.8) is 0 Å². The third kappa shape index (κ3) is 12.8. The topological polar surface area (TPSA) is 26.3 Å². The maximum Gasteiger partial charge on any atom is 0.305 e. The van der Waals surface area contributed by atoms with E-state index in [0.717, 1.165) is 12.8 Å². The van der Waals surface area contributed by atoms with Crippen molar-refractivity contribution in [3.8, 4) is 0 Å². The number of allylic oxidation sites excluding steroid dienone is 2. The summed E-state index contributed by atoms with van der Waals surface area (Å²) >= 11 is 0. The summed E-state index contributed by atoms with van der Waals surface area (Å²) < 4.78 is 5.63. The monoisotopic (exact) mass is 420 g/mol. The molecule has 2 heteroatoms. The number of hydrogen-bond donors (Lipinski definition) is 0. The smallest absolute Gasteiger partial charge is 0.305 e. The Bertz CT molecular complexity index is 477. The SMILES string of the molecule is CCCCCCCCCCCCCCCC(=O)OCC1(C)CC1C(C)CC=C(C)C. The lowest BCUT2D eigenvalue weighted by Crippen LogP contribution is -2.16. The van der Waals surface area contributed by atoms with Crippen molar-refractivity contribution in [2.75, 3.05) is 6.61 Å². The van der Waals surface area contributed by atoms with E-state index >= 15 is 0 Å². The summed E-state index contributed by atoms with van der Waals surface area (Å²) in [6.07, 6.45) is 22.7. The highest BCUT2D eigenvalue weighted by atomic mass is 16.5. The molecule has 0 N–H and O–H groups in total. The standard InChI is InChI=1S/C28H52O2/c1-6-7-8-9-10-11-12-13-14-15-16-17-18-19-27(29)30-23-28(5)22-26(28)25(4)21-20-24(2)3/h20,25-26H,6-19,21-23H2,1-5H3. The molecular weight excluding hydrogens is 368 g/mol. The average Bonchev–Trinajstić information content (AvgIpc) is 3.40. The molecule has 0 aromatic heterocycles. The molecule has 0 bridgehead atoms. The minimum atomic E-state index is 0.0156. The Morgan fingerprint density at radius 2 is 1.43 bits per heavy atom. The molecule has 0 saturated heterocycles. The Labute approximate surface area is 188 Å². The number of hydrogen-bond acceptors (Lipinski definition) is 2. The Kier molecular flexibility index (Phi) is 14.5. The molecular formula is C28H52O2. The summed E-state index contributed by atoms with van der Waals surface area (Å²) in [5.41, 5.74) is 1.62. The summed E-state index contributed by atoms with van der Waals surface area (Å²) in [5, 5.41) is 0. The summed E-state index contributed by atoms with van der Waals surface area (Å²) in [5.74, 6) is 1.41. The highest BCUT2D eigenvalue weighted by Crippen LogP contribution is 2.57. The third-order valence-electron chi connectivity index (χ3n) is 7.05. The molecule has 1 saturated carbocycles. The zero-order valence-electron chi connectivity index (χ0n) is 21.1. The Morgan fingerprint density at radius 3 is 1.93 bits per heavy atom. The van der Waals surface area contributed by atoms with Crippen LogP contribution in [-0.2, 0) is 9.53 Å². The van der Waals surface area contributed by atoms with E-state index in [1.165, 1.54) is 89.0 Å². The van der Waals surface area contributed by atoms with Crippen molar-refractivity contribution in [2.24, 2.45) is 17.3 Å². The van der Waals surface area contributed by atoms with Crippen LogP contribution in [0.15, 0.2) is 11.6 Å². The third-order valence-corrected chi connectivity index (χ3v) is 7.05. The van der Waals surface area contributed by atoms with Crippen LogP contribution in [0, 0.1) is 17.3 Å². The molecule has 0 aromatic rings. The van der Waals surface area contributed by atoms with Gasteiger partial charge in [-0.2, -0.15) is 0 Å². The zero-order chi connectivity index (χ0) is 22.2. The van der Waals surface area contributed by atoms with Crippen LogP contribution in [0.1, 0.15) is 137 Å². The minimum absolute atomic E-state index is 0.0156. The van der Waals surface area contributed by atoms with Crippen LogP contribution in [0.5, 0.6) is 0 Å². The molecule has 1 rings (SSSR count). The molecule has 0 heterocycles. The summed E-state index contributed by atoms with van der Waals surface area (Å²) in [6.45, 7) is 11.9. The number of carbonyl (C=O) groups excluding carboxylic acids is 1. The molecule has 3 unspecified atom stereocenters. The van der Waals surface area contributed by atoms with Gasteiger partial charge in [0.1, 0.15) is 0 Å². The van der Waals surface area contributed by atoms with E-state index < -0.39 is 0 Å². The lowest BCUT2D eigenvalue weighted by atomic mass is 9.94. The van der Waals surface area contributed by atoms with Gasteiger partial charge in [0.2, 0.25) is 0 Å². The molecule has 1 fully saturated rings. The predicted molar refractivity (Wildman–Crippen MR) is 131 cm³/mol. The zero-order valence-corrected chi connectivity index (χ0v) is 21.1. The fourth-order valence-corrected chi connectivity index (χ4v) is 4.69. The number of ether oxygens (including phenoxy) is 1. The van der Waals surface area contributed by atoms with Crippen LogP contribution in [-0.4, -0.2) is 12.6 Å². The molecule has 2 nitrogen and oxygen atoms in total. The van der Waals surface area contributed by atoms with Crippen molar-refractivity contribution in [3.05, 3.63) is 11.6 Å². The summed E-state index contributed by atoms with van der Waals surface area (Å²) in [4.78, 5) is 12.1. The van der Waals surface area contributed by atoms with Gasteiger partial charge in [-0.15, -0.1) is 0 Å². The Hall–Kier alpha value is -0.790. The van der Waals surface area contributed by atoms with Gasteiger partial charge >= 0.3 is 5.97 Å². The van der Waals surface area contributed by atoms with Crippen molar-refractivity contribution in [2.45, 2.75) is 137 Å². The quantitative estimate of drug-likeness (QED) is 0.118. The van der Waals surface area contributed by atoms with E-state index in [0.29, 0.717) is 24.9 Å². The molecule has 0 aliphatic heterocycles. The first-order valence-corrected chi connectivity index (χ1v) is 13.2. The van der Waals surface area contributed by atoms with Gasteiger partial charge < -0.3 is 4.74 Å². The van der Waals surface area contributed by atoms with Gasteiger partial charge in [-0.1, -0.05) is 109 Å². The first-order chi connectivity index (χ1) is 14.4. The highest BCUT2D eigenvalue weighted by molar-refractivity contribution is 5.69. The molecule has 1 aliphatic rings. The van der Waals surface area contributed by atoms with Crippen molar-refractivity contribution in [1.29, 1.82) is 0 Å². The fourth-order valence-electron chi connectivity index (χ4n) is 4.69. The highest BCUT2D eigenvalue weighted by Gasteiger charge is 2.52. The van der Waals surface area contributed by atoms with Crippen LogP contribution in [0.3, 0.4) is 0 Å². The second-order valence-electron chi connectivity index (χ2n) is 10.6. The van der Waals surface area contributed by atoms with Gasteiger partial charge in [0.05, 0.1) is 6.61 Å². The first-order valence-electron chi connectivity index (χ1n) is 13.2. The van der Waals surface area contributed by atoms with Crippen LogP contribution in [0.4, 0.5) is 0 Å². The van der Waals surface area contributed by atoms with Crippen molar-refractivity contribution < 1.29 is 9.53 Å². The summed E-state index contributed by atoms with van der Waals surface area (Å²) in [7, 11) is 0. The van der Waals surface area contributed by atoms with Crippen LogP contribution < -0.4 is 0 Å². The Morgan fingerprint density at radius 1 is 0.933 bits per heavy atom. The number of esters is 1. The average molecular weight is 421 g/mol. The maximum absolute atomic E-state index is 12.1. The van der Waals surface area contributed by atoms with Gasteiger partial charge in [-0.3, -0.25) is 4.79 Å². The van der Waals surface area contributed by atoms with Crippen molar-refractivity contribution in [1.82, 2.24) is 0 Å². The van der Waals surface area contributed by atoms with Crippen LogP contribution in [0.25, 0.3) is 0 Å². The van der Waals surface area contributed by atoms with E-state index in [1.807, 2.05) is 0 Å². The maximum atomic E-state index is 12.1. The van der Waals surface area contributed by atoms with Crippen LogP contribution >= 0.6 is 0 Å². The molecule has 0 aromatic carbocycles. The summed E-state index contributed by atoms with van der Waals surface area (Å²) in [6, 6.07) is 0. The number of rotatable bonds is 19. The van der Waals surface area contributed by atoms with Crippen molar-refractivity contribution >= 4 is 5.97 Å². The number of carbonyl (C=O) groups is 1. The van der Waals surface area contributed by atoms with Gasteiger partial charge in [0.25, 0.3) is 0 Å². The van der Waals surface area contributed by atoms with Gasteiger partial charge in [-0.05, 0) is 44.9 Å². The normalized spacial score (nSPS) is 21.3. The fraction of sp³-hybridized carbons (Fsp3) is 0.893. The minimum Gasteiger partial charge on any atom is -0.465 e. The molecule has 0 amide bonds. The van der Waals surface area contributed by atoms with E-state index in [9.17, 15) is 4.79 Å². The van der Waals surface area contributed by atoms with E-state index in [2.05, 4.69) is 40.7 Å². The van der Waals surface area contributed by atoms with E-state index in [-0.39, 0.29) is 11.4 Å². The molecule has 30 heavy (non-hydrogen) atoms. The first kappa shape index (κ1) is 27.2. The number of unbranched alkanes of at least 4 members (excludes halogenated alkanes) is 12. The largest absolute Gasteiger partial charge is 0.465 e. The van der Waals surface area contributed by atoms with Crippen LogP contribution in [0.2, 0.25) is 0 Å². The van der Waals surface area contributed by atoms with Gasteiger partial charge in [0, 0.05) is 11.8 Å². The molecule has 176 valence electrons. The Balaban J connectivity index is 1.92. The molecule has 0 spiro atoms. The van der Waals surface area contributed by atoms with Gasteiger partial charge in [-0.25, -0.2) is 0 Å². The lowest BCUT2D eigenvalue weighted by molar-refractivity contribution is -0.145. The van der Waals surface area contributed by atoms with E-state index in [4.69, 9.17) is 4.74 Å². The van der Waals surface area contributed by atoms with E-state index in [1.54, 1.807) is 0 Å².